The Bertz CT molecular complexity index is 1020. The van der Waals surface area contributed by atoms with E-state index >= 15 is 0 Å². The Balaban J connectivity index is 1.87. The molecule has 31 heavy (non-hydrogen) atoms. The molecule has 10 heteroatoms. The molecule has 3 aromatic rings. The van der Waals surface area contributed by atoms with Crippen molar-refractivity contribution in [1.29, 1.82) is 0 Å². The molecular weight excluding hydrogens is 433 g/mol. The highest BCUT2D eigenvalue weighted by atomic mass is 35.5. The molecule has 0 bridgehead atoms. The molecule has 3 rings (SSSR count). The molecule has 0 unspecified atom stereocenters. The lowest BCUT2D eigenvalue weighted by atomic mass is 10.1. The summed E-state index contributed by atoms with van der Waals surface area (Å²) in [5.41, 5.74) is 0.467. The third-order valence-corrected chi connectivity index (χ3v) is 4.66. The Kier molecular flexibility index (Phi) is 7.32. The van der Waals surface area contributed by atoms with Crippen molar-refractivity contribution in [1.82, 2.24) is 9.97 Å². The van der Waals surface area contributed by atoms with Crippen LogP contribution in [-0.4, -0.2) is 39.9 Å². The molecule has 0 aliphatic carbocycles. The standard InChI is InChI=1S/C21H20ClF3N4O2/c22-16-10-14(6-7-15(16)21(23,24)25)17-11-19(29-20(28-17)26-8-9-30)27-12-18(31)13-4-2-1-3-5-13/h1-7,10-11,18,30-31H,8-9,12H2,(H2,26,27,28,29)/t18-/m0/s1. The van der Waals surface area contributed by atoms with E-state index in [1.54, 1.807) is 18.2 Å². The number of rotatable bonds is 8. The second-order valence-electron chi connectivity index (χ2n) is 6.61. The van der Waals surface area contributed by atoms with Crippen LogP contribution in [0.5, 0.6) is 0 Å². The van der Waals surface area contributed by atoms with Gasteiger partial charge in [0.25, 0.3) is 0 Å². The number of hydrogen-bond acceptors (Lipinski definition) is 6. The summed E-state index contributed by atoms with van der Waals surface area (Å²) in [4.78, 5) is 8.56. The van der Waals surface area contributed by atoms with Crippen molar-refractivity contribution < 1.29 is 23.4 Å². The maximum absolute atomic E-state index is 13.0. The fourth-order valence-electron chi connectivity index (χ4n) is 2.83. The third kappa shape index (κ3) is 6.06. The van der Waals surface area contributed by atoms with Gasteiger partial charge in [-0.15, -0.1) is 0 Å². The predicted molar refractivity (Wildman–Crippen MR) is 113 cm³/mol. The minimum Gasteiger partial charge on any atom is -0.395 e. The van der Waals surface area contributed by atoms with Crippen molar-refractivity contribution in [3.8, 4) is 11.3 Å². The number of nitrogens with zero attached hydrogens (tertiary/aromatic N) is 2. The molecule has 0 saturated heterocycles. The van der Waals surface area contributed by atoms with Gasteiger partial charge in [0.15, 0.2) is 0 Å². The van der Waals surface area contributed by atoms with Gasteiger partial charge in [0.1, 0.15) is 5.82 Å². The molecule has 1 atom stereocenters. The Morgan fingerprint density at radius 2 is 1.74 bits per heavy atom. The smallest absolute Gasteiger partial charge is 0.395 e. The second-order valence-corrected chi connectivity index (χ2v) is 7.02. The molecule has 2 aromatic carbocycles. The summed E-state index contributed by atoms with van der Waals surface area (Å²) in [7, 11) is 0. The van der Waals surface area contributed by atoms with Crippen LogP contribution in [0.25, 0.3) is 11.3 Å². The summed E-state index contributed by atoms with van der Waals surface area (Å²) < 4.78 is 39.0. The van der Waals surface area contributed by atoms with Gasteiger partial charge < -0.3 is 20.8 Å². The number of halogens is 4. The first-order valence-corrected chi connectivity index (χ1v) is 9.73. The van der Waals surface area contributed by atoms with Crippen LogP contribution in [0, 0.1) is 0 Å². The highest BCUT2D eigenvalue weighted by Gasteiger charge is 2.33. The van der Waals surface area contributed by atoms with E-state index in [1.165, 1.54) is 12.1 Å². The first kappa shape index (κ1) is 22.8. The number of hydrogen-bond donors (Lipinski definition) is 4. The first-order valence-electron chi connectivity index (χ1n) is 9.35. The average Bonchev–Trinajstić information content (AvgIpc) is 2.75. The topological polar surface area (TPSA) is 90.3 Å². The van der Waals surface area contributed by atoms with Gasteiger partial charge in [-0.3, -0.25) is 0 Å². The Morgan fingerprint density at radius 1 is 1.00 bits per heavy atom. The van der Waals surface area contributed by atoms with E-state index < -0.39 is 22.9 Å². The van der Waals surface area contributed by atoms with Crippen molar-refractivity contribution in [3.05, 3.63) is 70.7 Å². The number of aliphatic hydroxyl groups is 2. The van der Waals surface area contributed by atoms with Crippen LogP contribution in [-0.2, 0) is 6.18 Å². The van der Waals surface area contributed by atoms with Crippen molar-refractivity contribution in [2.75, 3.05) is 30.3 Å². The van der Waals surface area contributed by atoms with E-state index in [-0.39, 0.29) is 25.6 Å². The van der Waals surface area contributed by atoms with E-state index in [4.69, 9.17) is 16.7 Å². The fourth-order valence-corrected chi connectivity index (χ4v) is 3.12. The van der Waals surface area contributed by atoms with Gasteiger partial charge in [-0.05, 0) is 17.7 Å². The van der Waals surface area contributed by atoms with E-state index in [9.17, 15) is 18.3 Å². The first-order chi connectivity index (χ1) is 14.8. The summed E-state index contributed by atoms with van der Waals surface area (Å²) in [5, 5.41) is 24.8. The summed E-state index contributed by atoms with van der Waals surface area (Å²) in [5.74, 6) is 0.510. The van der Waals surface area contributed by atoms with Crippen LogP contribution >= 0.6 is 11.6 Å². The zero-order valence-electron chi connectivity index (χ0n) is 16.2. The van der Waals surface area contributed by atoms with Crippen molar-refractivity contribution in [2.24, 2.45) is 0 Å². The molecule has 0 fully saturated rings. The molecule has 0 saturated carbocycles. The molecule has 1 heterocycles. The molecule has 0 radical (unpaired) electrons. The molecule has 6 nitrogen and oxygen atoms in total. The molecule has 0 amide bonds. The SMILES string of the molecule is OCCNc1nc(NC[C@H](O)c2ccccc2)cc(-c2ccc(C(F)(F)F)c(Cl)c2)n1. The summed E-state index contributed by atoms with van der Waals surface area (Å²) in [6.07, 6.45) is -5.36. The van der Waals surface area contributed by atoms with Gasteiger partial charge in [0, 0.05) is 24.7 Å². The Hall–Kier alpha value is -2.88. The average molecular weight is 453 g/mol. The predicted octanol–water partition coefficient (Wildman–Crippen LogP) is 4.37. The number of benzene rings is 2. The highest BCUT2D eigenvalue weighted by molar-refractivity contribution is 6.31. The quantitative estimate of drug-likeness (QED) is 0.406. The van der Waals surface area contributed by atoms with Gasteiger partial charge >= 0.3 is 6.18 Å². The zero-order chi connectivity index (χ0) is 22.4. The van der Waals surface area contributed by atoms with Crippen LogP contribution in [0.1, 0.15) is 17.2 Å². The minimum atomic E-state index is -4.56. The van der Waals surface area contributed by atoms with Crippen LogP contribution in [0.2, 0.25) is 5.02 Å². The normalized spacial score (nSPS) is 12.5. The number of alkyl halides is 3. The lowest BCUT2D eigenvalue weighted by Crippen LogP contribution is -2.15. The molecule has 0 aliphatic rings. The van der Waals surface area contributed by atoms with Crippen molar-refractivity contribution >= 4 is 23.4 Å². The number of aromatic nitrogens is 2. The van der Waals surface area contributed by atoms with Crippen molar-refractivity contribution in [2.45, 2.75) is 12.3 Å². The van der Waals surface area contributed by atoms with E-state index in [1.807, 2.05) is 18.2 Å². The van der Waals surface area contributed by atoms with Gasteiger partial charge in [-0.2, -0.15) is 18.2 Å². The Morgan fingerprint density at radius 3 is 2.39 bits per heavy atom. The maximum atomic E-state index is 13.0. The fraction of sp³-hybridized carbons (Fsp3) is 0.238. The van der Waals surface area contributed by atoms with Crippen molar-refractivity contribution in [3.63, 3.8) is 0 Å². The molecule has 164 valence electrons. The minimum absolute atomic E-state index is 0.147. The number of aliphatic hydroxyl groups excluding tert-OH is 2. The van der Waals surface area contributed by atoms with Gasteiger partial charge in [0.05, 0.1) is 29.0 Å². The molecule has 0 aliphatic heterocycles. The van der Waals surface area contributed by atoms with E-state index in [0.29, 0.717) is 17.1 Å². The maximum Gasteiger partial charge on any atom is 0.417 e. The summed E-state index contributed by atoms with van der Waals surface area (Å²) in [6.45, 7) is 0.173. The monoisotopic (exact) mass is 452 g/mol. The lowest BCUT2D eigenvalue weighted by Gasteiger charge is -2.15. The van der Waals surface area contributed by atoms with Gasteiger partial charge in [0.2, 0.25) is 5.95 Å². The van der Waals surface area contributed by atoms with Gasteiger partial charge in [-0.25, -0.2) is 4.98 Å². The van der Waals surface area contributed by atoms with Crippen LogP contribution < -0.4 is 10.6 Å². The highest BCUT2D eigenvalue weighted by Crippen LogP contribution is 2.36. The molecule has 1 aromatic heterocycles. The van der Waals surface area contributed by atoms with Crippen LogP contribution in [0.15, 0.2) is 54.6 Å². The van der Waals surface area contributed by atoms with Gasteiger partial charge in [-0.1, -0.05) is 48.0 Å². The third-order valence-electron chi connectivity index (χ3n) is 4.35. The zero-order valence-corrected chi connectivity index (χ0v) is 17.0. The summed E-state index contributed by atoms with van der Waals surface area (Å²) >= 11 is 5.84. The van der Waals surface area contributed by atoms with E-state index in [0.717, 1.165) is 11.6 Å². The van der Waals surface area contributed by atoms with E-state index in [2.05, 4.69) is 20.6 Å². The molecular formula is C21H20ClF3N4O2. The largest absolute Gasteiger partial charge is 0.417 e. The lowest BCUT2D eigenvalue weighted by molar-refractivity contribution is -0.137. The van der Waals surface area contributed by atoms with Crippen LogP contribution in [0.3, 0.4) is 0 Å². The molecule has 0 spiro atoms. The second kappa shape index (κ2) is 9.95. The van der Waals surface area contributed by atoms with Crippen LogP contribution in [0.4, 0.5) is 24.9 Å². The number of nitrogens with one attached hydrogen (secondary N) is 2. The Labute approximate surface area is 181 Å². The summed E-state index contributed by atoms with van der Waals surface area (Å²) in [6, 6.07) is 13.9. The number of anilines is 2. The molecule has 4 N–H and O–H groups in total.